The van der Waals surface area contributed by atoms with Gasteiger partial charge >= 0.3 is 6.18 Å². The number of rotatable bonds is 3. The number of nitrogens with zero attached hydrogens (tertiary/aromatic N) is 4. The zero-order valence-corrected chi connectivity index (χ0v) is 13.6. The smallest absolute Gasteiger partial charge is 0.268 e. The van der Waals surface area contributed by atoms with Gasteiger partial charge in [-0.05, 0) is 25.0 Å². The number of para-hydroxylation sites is 2. The van der Waals surface area contributed by atoms with Crippen molar-refractivity contribution in [3.8, 4) is 0 Å². The maximum atomic E-state index is 13.3. The molecule has 24 heavy (non-hydrogen) atoms. The predicted molar refractivity (Wildman–Crippen MR) is 86.8 cm³/mol. The Morgan fingerprint density at radius 2 is 1.88 bits per heavy atom. The lowest BCUT2D eigenvalue weighted by molar-refractivity contribution is -0.145. The van der Waals surface area contributed by atoms with Crippen LogP contribution in [0, 0.1) is 0 Å². The van der Waals surface area contributed by atoms with E-state index in [-0.39, 0.29) is 5.65 Å². The number of benzene rings is 1. The van der Waals surface area contributed by atoms with Gasteiger partial charge < -0.3 is 0 Å². The largest absolute Gasteiger partial charge is 0.452 e. The van der Waals surface area contributed by atoms with Crippen molar-refractivity contribution in [1.82, 2.24) is 19.6 Å². The van der Waals surface area contributed by atoms with Crippen molar-refractivity contribution in [2.75, 3.05) is 0 Å². The summed E-state index contributed by atoms with van der Waals surface area (Å²) in [6, 6.07) is 6.80. The summed E-state index contributed by atoms with van der Waals surface area (Å²) in [6.45, 7) is 0. The van der Waals surface area contributed by atoms with Gasteiger partial charge in [-0.25, -0.2) is 4.98 Å². The molecule has 126 valence electrons. The van der Waals surface area contributed by atoms with Crippen molar-refractivity contribution in [3.63, 3.8) is 0 Å². The molecule has 0 unspecified atom stereocenters. The molecule has 1 aromatic carbocycles. The number of aromatic nitrogens is 4. The van der Waals surface area contributed by atoms with Gasteiger partial charge in [0.05, 0.1) is 16.7 Å². The third kappa shape index (κ3) is 2.72. The molecule has 2 aromatic heterocycles. The molecule has 0 amide bonds. The lowest BCUT2D eigenvalue weighted by atomic mass is 10.3. The first kappa shape index (κ1) is 15.7. The Morgan fingerprint density at radius 1 is 1.12 bits per heavy atom. The highest BCUT2D eigenvalue weighted by molar-refractivity contribution is 7.99. The van der Waals surface area contributed by atoms with Crippen molar-refractivity contribution in [3.05, 3.63) is 35.8 Å². The summed E-state index contributed by atoms with van der Waals surface area (Å²) in [5.41, 5.74) is 1.66. The first-order valence-electron chi connectivity index (χ1n) is 7.85. The van der Waals surface area contributed by atoms with Crippen molar-refractivity contribution in [2.24, 2.45) is 0 Å². The van der Waals surface area contributed by atoms with Crippen LogP contribution in [0.2, 0.25) is 0 Å². The van der Waals surface area contributed by atoms with Gasteiger partial charge in [0.25, 0.3) is 0 Å². The van der Waals surface area contributed by atoms with Gasteiger partial charge in [-0.2, -0.15) is 24.9 Å². The summed E-state index contributed by atoms with van der Waals surface area (Å²) in [4.78, 5) is 4.55. The number of fused-ring (bicyclic) bond motifs is 3. The minimum absolute atomic E-state index is 0.200. The van der Waals surface area contributed by atoms with E-state index in [2.05, 4.69) is 15.2 Å². The molecule has 4 nitrogen and oxygen atoms in total. The zero-order chi connectivity index (χ0) is 16.7. The molecule has 0 saturated heterocycles. The number of hydrogen-bond donors (Lipinski definition) is 0. The van der Waals surface area contributed by atoms with Crippen LogP contribution in [0.15, 0.2) is 24.3 Å². The fraction of sp³-hybridized carbons (Fsp3) is 0.438. The molecule has 0 bridgehead atoms. The Bertz CT molecular complexity index is 884. The van der Waals surface area contributed by atoms with Crippen LogP contribution in [0.1, 0.15) is 37.2 Å². The molecule has 3 aromatic rings. The van der Waals surface area contributed by atoms with E-state index in [1.165, 1.54) is 12.8 Å². The van der Waals surface area contributed by atoms with Gasteiger partial charge in [0.15, 0.2) is 5.65 Å². The summed E-state index contributed by atoms with van der Waals surface area (Å²) in [7, 11) is 0. The minimum atomic E-state index is -4.56. The molecule has 1 fully saturated rings. The van der Waals surface area contributed by atoms with E-state index in [0.29, 0.717) is 27.7 Å². The van der Waals surface area contributed by atoms with Crippen molar-refractivity contribution < 1.29 is 13.2 Å². The topological polar surface area (TPSA) is 43.1 Å². The van der Waals surface area contributed by atoms with Gasteiger partial charge in [0.2, 0.25) is 5.82 Å². The normalized spacial score (nSPS) is 16.5. The van der Waals surface area contributed by atoms with Crippen LogP contribution in [-0.2, 0) is 11.9 Å². The SMILES string of the molecule is FC(F)(F)c1nnc2c(CSC3CCCC3)nc3ccccc3n12. The van der Waals surface area contributed by atoms with E-state index in [1.54, 1.807) is 36.0 Å². The van der Waals surface area contributed by atoms with E-state index in [0.717, 1.165) is 17.2 Å². The number of halogens is 3. The Kier molecular flexibility index (Phi) is 3.86. The number of alkyl halides is 3. The number of hydrogen-bond acceptors (Lipinski definition) is 4. The molecule has 0 spiro atoms. The average molecular weight is 352 g/mol. The van der Waals surface area contributed by atoms with Gasteiger partial charge in [0, 0.05) is 11.0 Å². The van der Waals surface area contributed by atoms with Gasteiger partial charge in [-0.15, -0.1) is 10.2 Å². The second-order valence-electron chi connectivity index (χ2n) is 5.95. The molecule has 4 rings (SSSR count). The van der Waals surface area contributed by atoms with E-state index in [9.17, 15) is 13.2 Å². The third-order valence-electron chi connectivity index (χ3n) is 4.31. The average Bonchev–Trinajstić information content (AvgIpc) is 3.21. The molecular weight excluding hydrogens is 337 g/mol. The third-order valence-corrected chi connectivity index (χ3v) is 5.69. The van der Waals surface area contributed by atoms with Crippen LogP contribution in [0.5, 0.6) is 0 Å². The van der Waals surface area contributed by atoms with E-state index >= 15 is 0 Å². The first-order chi connectivity index (χ1) is 11.5. The summed E-state index contributed by atoms with van der Waals surface area (Å²) >= 11 is 1.75. The van der Waals surface area contributed by atoms with Gasteiger partial charge in [-0.1, -0.05) is 25.0 Å². The molecule has 8 heteroatoms. The van der Waals surface area contributed by atoms with Gasteiger partial charge in [-0.3, -0.25) is 4.40 Å². The van der Waals surface area contributed by atoms with Crippen LogP contribution < -0.4 is 0 Å². The lowest BCUT2D eigenvalue weighted by Crippen LogP contribution is -2.12. The molecule has 0 N–H and O–H groups in total. The second kappa shape index (κ2) is 5.91. The standard InChI is InChI=1S/C16H15F3N4S/c17-16(18,19)15-22-21-14-12(9-24-10-5-1-2-6-10)20-11-7-3-4-8-13(11)23(14)15/h3-4,7-8,10H,1-2,5-6,9H2. The van der Waals surface area contributed by atoms with Crippen molar-refractivity contribution in [1.29, 1.82) is 0 Å². The molecule has 2 heterocycles. The van der Waals surface area contributed by atoms with Crippen molar-refractivity contribution >= 4 is 28.4 Å². The lowest BCUT2D eigenvalue weighted by Gasteiger charge is -2.11. The Balaban J connectivity index is 1.84. The Morgan fingerprint density at radius 3 is 2.62 bits per heavy atom. The van der Waals surface area contributed by atoms with Crippen LogP contribution in [0.4, 0.5) is 13.2 Å². The molecule has 0 atom stereocenters. The van der Waals surface area contributed by atoms with Crippen LogP contribution in [0.3, 0.4) is 0 Å². The number of thioether (sulfide) groups is 1. The highest BCUT2D eigenvalue weighted by Gasteiger charge is 2.38. The first-order valence-corrected chi connectivity index (χ1v) is 8.90. The highest BCUT2D eigenvalue weighted by atomic mass is 32.2. The Hall–Kier alpha value is -1.83. The minimum Gasteiger partial charge on any atom is -0.268 e. The molecule has 1 aliphatic carbocycles. The molecule has 0 radical (unpaired) electrons. The summed E-state index contributed by atoms with van der Waals surface area (Å²) in [5.74, 6) is -0.446. The van der Waals surface area contributed by atoms with E-state index in [1.807, 2.05) is 0 Å². The maximum Gasteiger partial charge on any atom is 0.452 e. The molecule has 1 aliphatic rings. The predicted octanol–water partition coefficient (Wildman–Crippen LogP) is 4.47. The monoisotopic (exact) mass is 352 g/mol. The fourth-order valence-corrected chi connectivity index (χ4v) is 4.43. The fourth-order valence-electron chi connectivity index (χ4n) is 3.17. The quantitative estimate of drug-likeness (QED) is 0.697. The van der Waals surface area contributed by atoms with E-state index < -0.39 is 12.0 Å². The summed E-state index contributed by atoms with van der Waals surface area (Å²) in [6.07, 6.45) is 0.215. The van der Waals surface area contributed by atoms with Crippen molar-refractivity contribution in [2.45, 2.75) is 42.9 Å². The Labute approximate surface area is 140 Å². The molecule has 0 aliphatic heterocycles. The molecular formula is C16H15F3N4S. The van der Waals surface area contributed by atoms with Crippen LogP contribution in [0.25, 0.3) is 16.7 Å². The zero-order valence-electron chi connectivity index (χ0n) is 12.8. The van der Waals surface area contributed by atoms with Crippen LogP contribution in [-0.4, -0.2) is 24.8 Å². The van der Waals surface area contributed by atoms with Gasteiger partial charge in [0.1, 0.15) is 0 Å². The highest BCUT2D eigenvalue weighted by Crippen LogP contribution is 2.34. The maximum absolute atomic E-state index is 13.3. The van der Waals surface area contributed by atoms with E-state index in [4.69, 9.17) is 0 Å². The molecule has 1 saturated carbocycles. The van der Waals surface area contributed by atoms with Crippen LogP contribution >= 0.6 is 11.8 Å². The summed E-state index contributed by atoms with van der Waals surface area (Å²) in [5, 5.41) is 7.75. The summed E-state index contributed by atoms with van der Waals surface area (Å²) < 4.78 is 41.0. The second-order valence-corrected chi connectivity index (χ2v) is 7.23.